The van der Waals surface area contributed by atoms with E-state index in [2.05, 4.69) is 36.3 Å². The number of hydrogen-bond acceptors (Lipinski definition) is 4. The van der Waals surface area contributed by atoms with Crippen LogP contribution in [0.4, 0.5) is 14.6 Å². The van der Waals surface area contributed by atoms with Gasteiger partial charge in [0, 0.05) is 36.0 Å². The second-order valence-corrected chi connectivity index (χ2v) is 6.18. The van der Waals surface area contributed by atoms with Gasteiger partial charge in [0.2, 0.25) is 0 Å². The Kier molecular flexibility index (Phi) is 3.88. The molecule has 8 heteroatoms. The van der Waals surface area contributed by atoms with Crippen molar-refractivity contribution in [3.05, 3.63) is 29.2 Å². The highest BCUT2D eigenvalue weighted by Crippen LogP contribution is 2.38. The summed E-state index contributed by atoms with van der Waals surface area (Å²) in [5, 5.41) is 7.97. The van der Waals surface area contributed by atoms with Crippen LogP contribution in [-0.4, -0.2) is 31.7 Å². The molecule has 1 aliphatic carbocycles. The van der Waals surface area contributed by atoms with E-state index < -0.39 is 5.92 Å². The molecular weight excluding hydrogens is 356 g/mol. The van der Waals surface area contributed by atoms with Crippen molar-refractivity contribution >= 4 is 21.7 Å². The number of hydrogen-bond donors (Lipinski definition) is 1. The fourth-order valence-electron chi connectivity index (χ4n) is 2.52. The molecule has 0 spiro atoms. The van der Waals surface area contributed by atoms with Gasteiger partial charge in [0.1, 0.15) is 5.82 Å². The lowest BCUT2D eigenvalue weighted by molar-refractivity contribution is -0.0794. The van der Waals surface area contributed by atoms with Gasteiger partial charge < -0.3 is 5.32 Å². The van der Waals surface area contributed by atoms with Crippen LogP contribution in [0, 0.1) is 13.8 Å². The molecule has 0 bridgehead atoms. The third kappa shape index (κ3) is 3.11. The molecule has 1 aliphatic rings. The van der Waals surface area contributed by atoms with E-state index in [-0.39, 0.29) is 18.9 Å². The molecule has 5 nitrogen and oxygen atoms in total. The van der Waals surface area contributed by atoms with Crippen LogP contribution in [0.5, 0.6) is 0 Å². The molecular formula is C14H16BrF2N5. The lowest BCUT2D eigenvalue weighted by Gasteiger charge is -2.35. The first-order chi connectivity index (χ1) is 10.4. The number of alkyl halides is 3. The molecule has 2 aromatic rings. The maximum absolute atomic E-state index is 12.9. The van der Waals surface area contributed by atoms with Crippen molar-refractivity contribution in [2.75, 3.05) is 5.32 Å². The molecule has 3 rings (SSSR count). The number of nitrogens with zero attached hydrogens (tertiary/aromatic N) is 4. The first-order valence-electron chi connectivity index (χ1n) is 6.98. The molecule has 1 fully saturated rings. The molecule has 2 heterocycles. The molecule has 0 radical (unpaired) electrons. The third-order valence-corrected chi connectivity index (χ3v) is 4.12. The quantitative estimate of drug-likeness (QED) is 0.837. The van der Waals surface area contributed by atoms with Gasteiger partial charge in [-0.15, -0.1) is 0 Å². The highest BCUT2D eigenvalue weighted by molar-refractivity contribution is 9.08. The number of anilines is 1. The molecule has 1 saturated carbocycles. The van der Waals surface area contributed by atoms with Crippen molar-refractivity contribution in [2.45, 2.75) is 44.0 Å². The van der Waals surface area contributed by atoms with Crippen molar-refractivity contribution in [1.82, 2.24) is 19.7 Å². The monoisotopic (exact) mass is 371 g/mol. The van der Waals surface area contributed by atoms with Crippen LogP contribution < -0.4 is 5.32 Å². The van der Waals surface area contributed by atoms with Gasteiger partial charge in [-0.2, -0.15) is 10.1 Å². The summed E-state index contributed by atoms with van der Waals surface area (Å²) in [6.45, 7) is 3.82. The second kappa shape index (κ2) is 5.57. The van der Waals surface area contributed by atoms with Crippen LogP contribution >= 0.6 is 15.9 Å². The van der Waals surface area contributed by atoms with Gasteiger partial charge in [-0.05, 0) is 19.9 Å². The minimum atomic E-state index is -2.55. The molecule has 0 unspecified atom stereocenters. The number of aromatic nitrogens is 4. The Morgan fingerprint density at radius 2 is 2.05 bits per heavy atom. The van der Waals surface area contributed by atoms with Crippen LogP contribution in [0.1, 0.15) is 29.9 Å². The molecule has 0 aliphatic heterocycles. The van der Waals surface area contributed by atoms with Crippen molar-refractivity contribution in [3.8, 4) is 5.95 Å². The van der Waals surface area contributed by atoms with Crippen molar-refractivity contribution in [2.24, 2.45) is 0 Å². The topological polar surface area (TPSA) is 55.6 Å². The summed E-state index contributed by atoms with van der Waals surface area (Å²) in [5.41, 5.74) is 2.56. The minimum absolute atomic E-state index is 0.157. The average molecular weight is 372 g/mol. The van der Waals surface area contributed by atoms with Crippen LogP contribution in [-0.2, 0) is 5.33 Å². The fraction of sp³-hybridized carbons (Fsp3) is 0.500. The number of rotatable bonds is 4. The van der Waals surface area contributed by atoms with E-state index in [1.807, 2.05) is 19.9 Å². The van der Waals surface area contributed by atoms with E-state index in [0.29, 0.717) is 17.1 Å². The summed E-state index contributed by atoms with van der Waals surface area (Å²) < 4.78 is 27.5. The van der Waals surface area contributed by atoms with E-state index in [1.54, 1.807) is 10.7 Å². The number of aryl methyl sites for hydroxylation is 2. The fourth-order valence-corrected chi connectivity index (χ4v) is 2.81. The summed E-state index contributed by atoms with van der Waals surface area (Å²) in [7, 11) is 0. The summed E-state index contributed by atoms with van der Waals surface area (Å²) in [6, 6.07) is 3.45. The maximum atomic E-state index is 12.9. The first kappa shape index (κ1) is 15.3. The Morgan fingerprint density at radius 3 is 2.59 bits per heavy atom. The van der Waals surface area contributed by atoms with Gasteiger partial charge in [-0.1, -0.05) is 15.9 Å². The van der Waals surface area contributed by atoms with Crippen LogP contribution in [0.3, 0.4) is 0 Å². The van der Waals surface area contributed by atoms with Crippen LogP contribution in [0.25, 0.3) is 5.95 Å². The summed E-state index contributed by atoms with van der Waals surface area (Å²) in [4.78, 5) is 8.84. The van der Waals surface area contributed by atoms with Gasteiger partial charge in [0.15, 0.2) is 0 Å². The SMILES string of the molecule is Cc1cc(C)n(-c2nc(CBr)cc(NC3CC(F)(F)C3)n2)n1. The maximum Gasteiger partial charge on any atom is 0.252 e. The smallest absolute Gasteiger partial charge is 0.252 e. The van der Waals surface area contributed by atoms with E-state index in [0.717, 1.165) is 17.1 Å². The number of halogens is 3. The molecule has 22 heavy (non-hydrogen) atoms. The van der Waals surface area contributed by atoms with E-state index in [4.69, 9.17) is 0 Å². The molecule has 0 saturated heterocycles. The molecule has 118 valence electrons. The Hall–Kier alpha value is -1.57. The van der Waals surface area contributed by atoms with Gasteiger partial charge in [-0.25, -0.2) is 18.4 Å². The lowest BCUT2D eigenvalue weighted by atomic mass is 9.88. The van der Waals surface area contributed by atoms with Crippen molar-refractivity contribution in [3.63, 3.8) is 0 Å². The van der Waals surface area contributed by atoms with Gasteiger partial charge >= 0.3 is 0 Å². The average Bonchev–Trinajstić information content (AvgIpc) is 2.75. The summed E-state index contributed by atoms with van der Waals surface area (Å²) >= 11 is 3.37. The Bertz CT molecular complexity index is 693. The minimum Gasteiger partial charge on any atom is -0.367 e. The van der Waals surface area contributed by atoms with Gasteiger partial charge in [0.25, 0.3) is 11.9 Å². The van der Waals surface area contributed by atoms with Crippen molar-refractivity contribution < 1.29 is 8.78 Å². The van der Waals surface area contributed by atoms with Crippen LogP contribution in [0.15, 0.2) is 12.1 Å². The molecule has 0 aromatic carbocycles. The van der Waals surface area contributed by atoms with Gasteiger partial charge in [0.05, 0.1) is 11.4 Å². The number of nitrogens with one attached hydrogen (secondary N) is 1. The summed E-state index contributed by atoms with van der Waals surface area (Å²) in [5.74, 6) is -1.56. The lowest BCUT2D eigenvalue weighted by Crippen LogP contribution is -2.44. The molecule has 2 aromatic heterocycles. The second-order valence-electron chi connectivity index (χ2n) is 5.62. The zero-order chi connectivity index (χ0) is 15.9. The zero-order valence-corrected chi connectivity index (χ0v) is 13.9. The van der Waals surface area contributed by atoms with Crippen molar-refractivity contribution in [1.29, 1.82) is 0 Å². The standard InChI is InChI=1S/C14H16BrF2N5/c1-8-3-9(2)22(21-8)13-19-10(7-15)4-12(20-13)18-11-5-14(16,17)6-11/h3-4,11H,5-7H2,1-2H3,(H,18,19,20). The highest BCUT2D eigenvalue weighted by Gasteiger charge is 2.45. The molecule has 0 atom stereocenters. The van der Waals surface area contributed by atoms with E-state index >= 15 is 0 Å². The zero-order valence-electron chi connectivity index (χ0n) is 12.3. The molecule has 0 amide bonds. The van der Waals surface area contributed by atoms with E-state index in [1.165, 1.54) is 0 Å². The summed E-state index contributed by atoms with van der Waals surface area (Å²) in [6.07, 6.45) is -0.314. The van der Waals surface area contributed by atoms with Crippen LogP contribution in [0.2, 0.25) is 0 Å². The first-order valence-corrected chi connectivity index (χ1v) is 8.10. The Balaban J connectivity index is 1.88. The van der Waals surface area contributed by atoms with E-state index in [9.17, 15) is 8.78 Å². The largest absolute Gasteiger partial charge is 0.367 e. The third-order valence-electron chi connectivity index (χ3n) is 3.55. The Labute approximate surface area is 135 Å². The van der Waals surface area contributed by atoms with Gasteiger partial charge in [-0.3, -0.25) is 0 Å². The predicted octanol–water partition coefficient (Wildman–Crippen LogP) is 3.38. The molecule has 1 N–H and O–H groups in total. The normalized spacial score (nSPS) is 17.3. The Morgan fingerprint density at radius 1 is 1.32 bits per heavy atom. The predicted molar refractivity (Wildman–Crippen MR) is 82.9 cm³/mol. The highest BCUT2D eigenvalue weighted by atomic mass is 79.9.